The van der Waals surface area contributed by atoms with Crippen LogP contribution in [0.15, 0.2) is 153 Å². The molecule has 5 aromatic carbocycles. The number of likely N-dealkylation sites (tertiary alicyclic amines) is 3. The number of H-pyrrole nitrogens is 3. The molecule has 3 fully saturated rings. The minimum absolute atomic E-state index is 0.00129. The van der Waals surface area contributed by atoms with E-state index in [9.17, 15) is 41.9 Å². The highest BCUT2D eigenvalue weighted by Crippen LogP contribution is 2.31. The maximum absolute atomic E-state index is 12.8. The Labute approximate surface area is 640 Å². The van der Waals surface area contributed by atoms with Crippen LogP contribution >= 0.6 is 50.7 Å². The number of carbonyl (C=O) groups excluding carboxylic acids is 3. The first-order valence-corrected chi connectivity index (χ1v) is 36.9. The molecule has 0 spiro atoms. The van der Waals surface area contributed by atoms with Gasteiger partial charge in [-0.05, 0) is 160 Å². The van der Waals surface area contributed by atoms with Crippen molar-refractivity contribution in [2.45, 2.75) is 97.8 Å². The maximum atomic E-state index is 12.8. The van der Waals surface area contributed by atoms with Crippen LogP contribution in [0.4, 0.5) is 40.6 Å². The van der Waals surface area contributed by atoms with Gasteiger partial charge in [0.2, 0.25) is 17.8 Å². The van der Waals surface area contributed by atoms with E-state index in [0.717, 1.165) is 61.2 Å². The van der Waals surface area contributed by atoms with E-state index in [4.69, 9.17) is 44.3 Å². The summed E-state index contributed by atoms with van der Waals surface area (Å²) >= 11 is 22.7. The van der Waals surface area contributed by atoms with Crippen molar-refractivity contribution >= 4 is 120 Å². The van der Waals surface area contributed by atoms with Crippen LogP contribution in [0.5, 0.6) is 0 Å². The lowest BCUT2D eigenvalue weighted by Gasteiger charge is -2.24. The zero-order valence-corrected chi connectivity index (χ0v) is 63.7. The fourth-order valence-electron chi connectivity index (χ4n) is 12.8. The molecule has 14 rings (SSSR count). The Bertz CT molecular complexity index is 5280. The Morgan fingerprint density at radius 3 is 1.17 bits per heavy atom. The van der Waals surface area contributed by atoms with Crippen LogP contribution in [0.3, 0.4) is 0 Å². The molecule has 0 radical (unpaired) electrons. The molecule has 566 valence electrons. The third-order valence-corrected chi connectivity index (χ3v) is 19.8. The molecule has 11 aromatic rings. The van der Waals surface area contributed by atoms with Crippen molar-refractivity contribution in [3.8, 4) is 22.3 Å². The van der Waals surface area contributed by atoms with Crippen LogP contribution in [-0.4, -0.2) is 168 Å². The van der Waals surface area contributed by atoms with Gasteiger partial charge in [-0.1, -0.05) is 124 Å². The first-order chi connectivity index (χ1) is 51.4. The quantitative estimate of drug-likeness (QED) is 0.0493. The highest BCUT2D eigenvalue weighted by molar-refractivity contribution is 9.10. The monoisotopic (exact) mass is 1600 g/mol. The van der Waals surface area contributed by atoms with Gasteiger partial charge in [-0.3, -0.25) is 18.5 Å². The van der Waals surface area contributed by atoms with Crippen molar-refractivity contribution in [3.05, 3.63) is 202 Å². The van der Waals surface area contributed by atoms with Gasteiger partial charge in [0.25, 0.3) is 0 Å². The Balaban J connectivity index is 0.000000152. The number of fused-ring (bicyclic) bond motifs is 3. The number of nitrogens with one attached hydrogen (secondary N) is 6. The molecule has 6 aromatic heterocycles. The van der Waals surface area contributed by atoms with Crippen molar-refractivity contribution in [1.82, 2.24) is 73.3 Å². The van der Waals surface area contributed by atoms with Crippen LogP contribution in [0.1, 0.15) is 77.5 Å². The van der Waals surface area contributed by atoms with Crippen molar-refractivity contribution in [2.24, 2.45) is 17.8 Å². The van der Waals surface area contributed by atoms with E-state index in [2.05, 4.69) is 76.7 Å². The fourth-order valence-corrected chi connectivity index (χ4v) is 13.7. The van der Waals surface area contributed by atoms with E-state index in [-0.39, 0.29) is 92.2 Å². The second kappa shape index (κ2) is 33.0. The molecular weight excluding hydrogens is 1520 g/mol. The number of aromatic amines is 3. The number of carbonyl (C=O) groups is 3. The van der Waals surface area contributed by atoms with Gasteiger partial charge in [-0.2, -0.15) is 28.1 Å². The lowest BCUT2D eigenvalue weighted by Crippen LogP contribution is -2.39. The Morgan fingerprint density at radius 2 is 0.815 bits per heavy atom. The predicted molar refractivity (Wildman–Crippen MR) is 413 cm³/mol. The van der Waals surface area contributed by atoms with Crippen molar-refractivity contribution in [2.75, 3.05) is 74.9 Å². The normalized spacial score (nSPS) is 16.0. The summed E-state index contributed by atoms with van der Waals surface area (Å²) in [7, 11) is 0. The molecule has 3 aliphatic rings. The SMILES string of the molecule is CC(C)(C)OC(=O)N1CC[C@@H](CNc2ncc3[nH]c(=O)n(Cc4cc(-c5ccccc5)ccc4Cl)c3n2)C1.CC(C)(C)OC(=O)N1CC[C@@H](CNc2ncc3[nH]c(=O)n(Cc4cc(Br)ccc4Cl)c3n2)C1.O=C(N1CC[C@@H](CNc2ncc3[nH]c(=O)n(Cc4cc(-c5ccccc5)ccc4Cl)c3n2)C1)C(F)(F)F. The number of amides is 3. The van der Waals surface area contributed by atoms with E-state index in [0.29, 0.717) is 106 Å². The molecule has 9 heterocycles. The van der Waals surface area contributed by atoms with Gasteiger partial charge < -0.3 is 55.1 Å². The standard InChI is InChI=1S/C28H31ClN6O3.C25H22ClF3N6O2.C22H26BrClN6O3/c1-28(2,3)38-27(37)34-12-11-18(16-34)14-30-25-31-15-23-24(33-25)35(26(36)32-23)17-21-13-20(9-10-22(21)29)19-7-5-4-6-8-19;26-19-7-6-17(16-4-2-1-3-5-16)10-18(19)14-35-21-20(32-24(35)37)12-31-23(33-21)30-11-15-8-9-34(13-15)22(36)25(27,28)29;1-22(2,3)33-21(32)29-7-6-13(11-29)9-25-19-26-10-17-18(28-19)30(20(31)27-17)12-14-8-15(23)4-5-16(14)24/h4-10,13,15,18H,11-12,14,16-17H2,1-3H3,(H,32,36)(H,30,31,33);1-7,10,12,15H,8-9,11,13-14H2,(H,32,37)(H,30,31,33);4-5,8,10,13H,6-7,9,11-12H2,1-3H3,(H,27,31)(H,25,26,28)/t18-;15-;13-/m000/s1. The Hall–Kier alpha value is -10.3. The molecule has 3 aliphatic heterocycles. The highest BCUT2D eigenvalue weighted by atomic mass is 79.9. The number of rotatable bonds is 17. The molecule has 26 nitrogen and oxygen atoms in total. The number of nitrogens with zero attached hydrogens (tertiary/aromatic N) is 12. The Morgan fingerprint density at radius 1 is 0.481 bits per heavy atom. The smallest absolute Gasteiger partial charge is 0.444 e. The molecule has 33 heteroatoms. The number of hydrogen-bond donors (Lipinski definition) is 6. The van der Waals surface area contributed by atoms with Gasteiger partial charge in [-0.15, -0.1) is 0 Å². The molecule has 0 unspecified atom stereocenters. The molecule has 0 bridgehead atoms. The number of aromatic nitrogens is 12. The third kappa shape index (κ3) is 19.5. The first kappa shape index (κ1) is 77.3. The van der Waals surface area contributed by atoms with Crippen LogP contribution < -0.4 is 33.0 Å². The molecule has 0 saturated carbocycles. The maximum Gasteiger partial charge on any atom is 0.471 e. The molecule has 0 aliphatic carbocycles. The predicted octanol–water partition coefficient (Wildman–Crippen LogP) is 13.7. The molecule has 3 amide bonds. The average molecular weight is 1600 g/mol. The van der Waals surface area contributed by atoms with Gasteiger partial charge in [0.15, 0.2) is 16.9 Å². The number of imidazole rings is 3. The fraction of sp³-hybridized carbons (Fsp3) is 0.360. The van der Waals surface area contributed by atoms with Gasteiger partial charge in [-0.25, -0.2) is 38.9 Å². The molecule has 6 N–H and O–H groups in total. The number of halogens is 7. The average Bonchev–Trinajstić information content (AvgIpc) is 1.64. The molecule has 108 heavy (non-hydrogen) atoms. The molecular formula is C75H79BrCl3F3N18O8. The van der Waals surface area contributed by atoms with Crippen molar-refractivity contribution in [1.29, 1.82) is 0 Å². The number of anilines is 3. The van der Waals surface area contributed by atoms with Gasteiger partial charge in [0.1, 0.15) is 27.8 Å². The van der Waals surface area contributed by atoms with Gasteiger partial charge >= 0.3 is 41.3 Å². The summed E-state index contributed by atoms with van der Waals surface area (Å²) in [6, 6.07) is 36.8. The summed E-state index contributed by atoms with van der Waals surface area (Å²) in [5.74, 6) is -0.431. The number of hydrogen-bond acceptors (Lipinski definition) is 17. The minimum Gasteiger partial charge on any atom is -0.444 e. The first-order valence-electron chi connectivity index (χ1n) is 35.0. The summed E-state index contributed by atoms with van der Waals surface area (Å²) in [4.78, 5) is 113. The van der Waals surface area contributed by atoms with Crippen LogP contribution in [0, 0.1) is 17.8 Å². The summed E-state index contributed by atoms with van der Waals surface area (Å²) in [6.07, 6.45) is 1.37. The van der Waals surface area contributed by atoms with E-state index in [1.807, 2.05) is 145 Å². The van der Waals surface area contributed by atoms with Crippen LogP contribution in [-0.2, 0) is 33.9 Å². The highest BCUT2D eigenvalue weighted by Gasteiger charge is 2.44. The van der Waals surface area contributed by atoms with E-state index >= 15 is 0 Å². The van der Waals surface area contributed by atoms with Crippen molar-refractivity contribution in [3.63, 3.8) is 0 Å². The zero-order chi connectivity index (χ0) is 76.8. The van der Waals surface area contributed by atoms with Gasteiger partial charge in [0.05, 0.1) is 38.2 Å². The summed E-state index contributed by atoms with van der Waals surface area (Å²) in [5, 5.41) is 11.2. The lowest BCUT2D eigenvalue weighted by atomic mass is 10.0. The van der Waals surface area contributed by atoms with Crippen LogP contribution in [0.2, 0.25) is 15.1 Å². The second-order valence-electron chi connectivity index (χ2n) is 28.6. The number of ether oxygens (including phenoxy) is 2. The minimum atomic E-state index is -4.88. The number of benzene rings is 5. The summed E-state index contributed by atoms with van der Waals surface area (Å²) < 4.78 is 54.4. The molecule has 3 atom stereocenters. The van der Waals surface area contributed by atoms with Crippen LogP contribution in [0.25, 0.3) is 55.7 Å². The largest absolute Gasteiger partial charge is 0.471 e. The van der Waals surface area contributed by atoms with E-state index in [1.165, 1.54) is 15.3 Å². The number of alkyl halides is 3. The second-order valence-corrected chi connectivity index (χ2v) is 30.8. The third-order valence-electron chi connectivity index (χ3n) is 18.2. The van der Waals surface area contributed by atoms with E-state index in [1.54, 1.807) is 38.9 Å². The van der Waals surface area contributed by atoms with E-state index < -0.39 is 23.3 Å². The molecule has 3 saturated heterocycles. The lowest BCUT2D eigenvalue weighted by molar-refractivity contribution is -0.184. The summed E-state index contributed by atoms with van der Waals surface area (Å²) in [5.41, 5.74) is 7.35. The zero-order valence-electron chi connectivity index (χ0n) is 59.8. The van der Waals surface area contributed by atoms with Gasteiger partial charge in [0, 0.05) is 78.4 Å². The Kier molecular flexibility index (Phi) is 23.7. The van der Waals surface area contributed by atoms with Crippen molar-refractivity contribution < 1.29 is 37.0 Å². The topological polar surface area (TPSA) is 306 Å². The summed E-state index contributed by atoms with van der Waals surface area (Å²) in [6.45, 7) is 16.0.